The smallest absolute Gasteiger partial charge is 0.134 e. The van der Waals surface area contributed by atoms with Crippen molar-refractivity contribution in [3.05, 3.63) is 209 Å². The fourth-order valence-electron chi connectivity index (χ4n) is 9.66. The van der Waals surface area contributed by atoms with Gasteiger partial charge in [0.05, 0.1) is 5.41 Å². The van der Waals surface area contributed by atoms with Crippen molar-refractivity contribution in [2.45, 2.75) is 24.7 Å². The summed E-state index contributed by atoms with van der Waals surface area (Å²) in [5.41, 5.74) is 15.6. The van der Waals surface area contributed by atoms with E-state index in [1.807, 2.05) is 0 Å². The number of nitrogens with zero attached hydrogens (tertiary/aromatic N) is 1. The van der Waals surface area contributed by atoms with Gasteiger partial charge in [0.2, 0.25) is 0 Å². The second-order valence-electron chi connectivity index (χ2n) is 14.9. The van der Waals surface area contributed by atoms with Crippen molar-refractivity contribution in [3.63, 3.8) is 0 Å². The van der Waals surface area contributed by atoms with Crippen LogP contribution in [0.5, 0.6) is 11.5 Å². The molecule has 0 radical (unpaired) electrons. The minimum atomic E-state index is -0.489. The van der Waals surface area contributed by atoms with E-state index in [1.165, 1.54) is 60.8 Å². The molecule has 0 saturated carbocycles. The average molecular weight is 666 g/mol. The number of benzene rings is 8. The van der Waals surface area contributed by atoms with Crippen molar-refractivity contribution in [2.24, 2.45) is 0 Å². The van der Waals surface area contributed by atoms with Crippen LogP contribution >= 0.6 is 0 Å². The molecule has 1 aliphatic heterocycles. The zero-order chi connectivity index (χ0) is 34.6. The summed E-state index contributed by atoms with van der Waals surface area (Å²) in [6, 6.07) is 64.4. The van der Waals surface area contributed by atoms with Crippen molar-refractivity contribution in [1.29, 1.82) is 0 Å². The first kappa shape index (κ1) is 29.4. The Morgan fingerprint density at radius 1 is 0.404 bits per heavy atom. The Bertz CT molecular complexity index is 2710. The normalized spacial score (nSPS) is 14.8. The van der Waals surface area contributed by atoms with Gasteiger partial charge in [-0.05, 0) is 91.7 Å². The molecule has 246 valence electrons. The highest BCUT2D eigenvalue weighted by Gasteiger charge is 2.51. The number of rotatable bonds is 3. The minimum absolute atomic E-state index is 0.0972. The average Bonchev–Trinajstić information content (AvgIpc) is 3.61. The zero-order valence-corrected chi connectivity index (χ0v) is 29.1. The molecule has 0 atom stereocenters. The summed E-state index contributed by atoms with van der Waals surface area (Å²) in [4.78, 5) is 2.38. The quantitative estimate of drug-likeness (QED) is 0.186. The molecule has 2 heteroatoms. The Morgan fingerprint density at radius 3 is 1.75 bits per heavy atom. The summed E-state index contributed by atoms with van der Waals surface area (Å²) >= 11 is 0. The molecule has 52 heavy (non-hydrogen) atoms. The van der Waals surface area contributed by atoms with E-state index in [1.54, 1.807) is 0 Å². The molecular formula is C50H35NO. The Balaban J connectivity index is 1.14. The predicted octanol–water partition coefficient (Wildman–Crippen LogP) is 13.1. The Hall–Kier alpha value is -6.38. The second kappa shape index (κ2) is 10.6. The zero-order valence-electron chi connectivity index (χ0n) is 29.1. The molecule has 3 aliphatic rings. The summed E-state index contributed by atoms with van der Waals surface area (Å²) in [6.07, 6.45) is 0. The standard InChI is InChI=1S/C50H35NO/c1-49(2)40-28-25-34(30-39(40)48-36-17-7-6-14-32(36)24-27-45(48)49)51(33-15-4-3-5-16-33)35-26-29-44-47(31-35)52-46-23-13-12-22-43(46)50(44)41-20-10-8-18-37(41)38-19-9-11-21-42(38)50/h3-31H,1-2H3. The maximum Gasteiger partial charge on any atom is 0.134 e. The first-order valence-electron chi connectivity index (χ1n) is 18.2. The van der Waals surface area contributed by atoms with E-state index in [0.717, 1.165) is 34.1 Å². The first-order chi connectivity index (χ1) is 25.5. The molecule has 2 aliphatic carbocycles. The van der Waals surface area contributed by atoms with Crippen LogP contribution in [0.2, 0.25) is 0 Å². The van der Waals surface area contributed by atoms with Crippen LogP contribution < -0.4 is 9.64 Å². The van der Waals surface area contributed by atoms with Gasteiger partial charge in [-0.3, -0.25) is 0 Å². The molecule has 8 aromatic rings. The van der Waals surface area contributed by atoms with Gasteiger partial charge in [0, 0.05) is 39.7 Å². The van der Waals surface area contributed by atoms with E-state index in [4.69, 9.17) is 4.74 Å². The molecule has 1 heterocycles. The molecule has 11 rings (SSSR count). The maximum atomic E-state index is 6.93. The minimum Gasteiger partial charge on any atom is -0.457 e. The molecule has 0 saturated heterocycles. The molecule has 1 spiro atoms. The fraction of sp³-hybridized carbons (Fsp3) is 0.0800. The van der Waals surface area contributed by atoms with Crippen molar-refractivity contribution in [2.75, 3.05) is 4.90 Å². The van der Waals surface area contributed by atoms with Crippen molar-refractivity contribution >= 4 is 27.8 Å². The highest BCUT2D eigenvalue weighted by Crippen LogP contribution is 2.62. The van der Waals surface area contributed by atoms with Crippen LogP contribution in [0.1, 0.15) is 47.2 Å². The van der Waals surface area contributed by atoms with Gasteiger partial charge in [-0.1, -0.05) is 147 Å². The third-order valence-corrected chi connectivity index (χ3v) is 11.9. The van der Waals surface area contributed by atoms with E-state index >= 15 is 0 Å². The van der Waals surface area contributed by atoms with Gasteiger partial charge >= 0.3 is 0 Å². The van der Waals surface area contributed by atoms with E-state index in [0.29, 0.717) is 0 Å². The van der Waals surface area contributed by atoms with E-state index in [2.05, 4.69) is 195 Å². The topological polar surface area (TPSA) is 12.5 Å². The third kappa shape index (κ3) is 3.79. The van der Waals surface area contributed by atoms with Crippen molar-refractivity contribution in [3.8, 4) is 33.8 Å². The van der Waals surface area contributed by atoms with Gasteiger partial charge in [-0.2, -0.15) is 0 Å². The summed E-state index contributed by atoms with van der Waals surface area (Å²) in [6.45, 7) is 4.71. The summed E-state index contributed by atoms with van der Waals surface area (Å²) < 4.78 is 6.93. The van der Waals surface area contributed by atoms with Gasteiger partial charge in [-0.25, -0.2) is 0 Å². The van der Waals surface area contributed by atoms with Crippen LogP contribution in [0.4, 0.5) is 17.1 Å². The molecule has 0 aromatic heterocycles. The molecule has 0 fully saturated rings. The van der Waals surface area contributed by atoms with Crippen LogP contribution in [0.3, 0.4) is 0 Å². The van der Waals surface area contributed by atoms with Crippen LogP contribution in [0, 0.1) is 0 Å². The third-order valence-electron chi connectivity index (χ3n) is 11.9. The largest absolute Gasteiger partial charge is 0.457 e. The monoisotopic (exact) mass is 665 g/mol. The highest BCUT2D eigenvalue weighted by molar-refractivity contribution is 6.03. The molecule has 0 bridgehead atoms. The summed E-state index contributed by atoms with van der Waals surface area (Å²) in [5, 5.41) is 2.57. The number of fused-ring (bicyclic) bond motifs is 14. The van der Waals surface area contributed by atoms with Gasteiger partial charge < -0.3 is 9.64 Å². The van der Waals surface area contributed by atoms with Crippen molar-refractivity contribution < 1.29 is 4.74 Å². The Kier molecular flexibility index (Phi) is 5.97. The van der Waals surface area contributed by atoms with Crippen LogP contribution in [-0.4, -0.2) is 0 Å². The Morgan fingerprint density at radius 2 is 0.981 bits per heavy atom. The number of hydrogen-bond acceptors (Lipinski definition) is 2. The molecule has 8 aromatic carbocycles. The molecule has 2 nitrogen and oxygen atoms in total. The molecule has 0 unspecified atom stereocenters. The van der Waals surface area contributed by atoms with Crippen LogP contribution in [0.25, 0.3) is 33.0 Å². The number of ether oxygens (including phenoxy) is 1. The highest BCUT2D eigenvalue weighted by atomic mass is 16.5. The van der Waals surface area contributed by atoms with Crippen LogP contribution in [0.15, 0.2) is 176 Å². The fourth-order valence-corrected chi connectivity index (χ4v) is 9.66. The lowest BCUT2D eigenvalue weighted by atomic mass is 9.66. The van der Waals surface area contributed by atoms with Crippen molar-refractivity contribution in [1.82, 2.24) is 0 Å². The van der Waals surface area contributed by atoms with E-state index in [-0.39, 0.29) is 5.41 Å². The number of anilines is 3. The van der Waals surface area contributed by atoms with Gasteiger partial charge in [0.15, 0.2) is 0 Å². The van der Waals surface area contributed by atoms with E-state index in [9.17, 15) is 0 Å². The molecule has 0 amide bonds. The lowest BCUT2D eigenvalue weighted by Crippen LogP contribution is -2.32. The van der Waals surface area contributed by atoms with Gasteiger partial charge in [0.25, 0.3) is 0 Å². The summed E-state index contributed by atoms with van der Waals surface area (Å²) in [5.74, 6) is 1.77. The number of para-hydroxylation sites is 2. The number of hydrogen-bond donors (Lipinski definition) is 0. The van der Waals surface area contributed by atoms with Gasteiger partial charge in [0.1, 0.15) is 11.5 Å². The van der Waals surface area contributed by atoms with Gasteiger partial charge in [-0.15, -0.1) is 0 Å². The first-order valence-corrected chi connectivity index (χ1v) is 18.2. The second-order valence-corrected chi connectivity index (χ2v) is 14.9. The molecule has 0 N–H and O–H groups in total. The maximum absolute atomic E-state index is 6.93. The summed E-state index contributed by atoms with van der Waals surface area (Å²) in [7, 11) is 0. The lowest BCUT2D eigenvalue weighted by Gasteiger charge is -2.40. The predicted molar refractivity (Wildman–Crippen MR) is 214 cm³/mol. The Labute approximate surface area is 304 Å². The SMILES string of the molecule is CC1(C)c2ccc(N(c3ccccc3)c3ccc4c(c3)Oc3ccccc3C43c4ccccc4-c4ccccc43)cc2-c2c1ccc1ccccc21. The van der Waals surface area contributed by atoms with Crippen LogP contribution in [-0.2, 0) is 10.8 Å². The lowest BCUT2D eigenvalue weighted by molar-refractivity contribution is 0.436. The van der Waals surface area contributed by atoms with E-state index < -0.39 is 5.41 Å². The molecular weight excluding hydrogens is 631 g/mol.